The number of carboxylic acids is 1. The lowest BCUT2D eigenvalue weighted by atomic mass is 9.65. The molecule has 0 bridgehead atoms. The number of hydrogen-bond acceptors (Lipinski definition) is 7. The SMILES string of the molecule is CC(C)(C)[Si](C)(C)O[C@H]([C@@H]1CCC[C@H](OS(C)(=O)=O)C1)[C@@H]1CC[C@H]1CN1CC2(CCCc3cc(Cl)ccc32)COc2ccc(C(=O)O)cc21. The fraction of sp³-hybridized carbons (Fsp3) is 0.658. The molecule has 49 heavy (non-hydrogen) atoms. The van der Waals surface area contributed by atoms with E-state index >= 15 is 0 Å². The van der Waals surface area contributed by atoms with Crippen LogP contribution in [0.1, 0.15) is 93.6 Å². The Balaban J connectivity index is 1.34. The summed E-state index contributed by atoms with van der Waals surface area (Å²) in [5.74, 6) is 0.616. The number of aryl methyl sites for hydroxylation is 1. The van der Waals surface area contributed by atoms with E-state index in [0.717, 1.165) is 87.2 Å². The van der Waals surface area contributed by atoms with Crippen LogP contribution in [-0.2, 0) is 30.6 Å². The molecular weight excluding hydrogens is 678 g/mol. The maximum Gasteiger partial charge on any atom is 0.335 e. The first-order valence-corrected chi connectivity index (χ1v) is 23.2. The standard InChI is InChI=1S/C38H54ClNO7SSi/c1-37(2,3)49(5,6)47-35(26-9-7-11-30(20-26)46-48(4,43)44)31-15-12-28(31)22-40-23-38(18-8-10-25-19-29(39)14-16-32(25)38)24-45-34-17-13-27(36(41)42)21-33(34)40/h13-14,16-17,19,21,26,28,30-31,35H,7-12,15,18,20,22-24H2,1-6H3,(H,41,42)/t26-,28+,30+,31-,35-,38?/m1/s1. The highest BCUT2D eigenvalue weighted by atomic mass is 35.5. The van der Waals surface area contributed by atoms with Crippen molar-refractivity contribution in [1.82, 2.24) is 0 Å². The third-order valence-electron chi connectivity index (χ3n) is 12.3. The van der Waals surface area contributed by atoms with Gasteiger partial charge < -0.3 is 19.2 Å². The molecule has 2 fully saturated rings. The van der Waals surface area contributed by atoms with Gasteiger partial charge in [0.2, 0.25) is 0 Å². The molecule has 8 nitrogen and oxygen atoms in total. The van der Waals surface area contributed by atoms with Crippen LogP contribution in [0.25, 0.3) is 0 Å². The first kappa shape index (κ1) is 36.7. The molecule has 1 N–H and O–H groups in total. The van der Waals surface area contributed by atoms with Gasteiger partial charge in [-0.3, -0.25) is 4.18 Å². The third-order valence-corrected chi connectivity index (χ3v) is 17.6. The van der Waals surface area contributed by atoms with Crippen LogP contribution < -0.4 is 9.64 Å². The Morgan fingerprint density at radius 1 is 1.12 bits per heavy atom. The number of halogens is 1. The maximum atomic E-state index is 12.2. The van der Waals surface area contributed by atoms with Crippen LogP contribution in [0, 0.1) is 17.8 Å². The largest absolute Gasteiger partial charge is 0.490 e. The van der Waals surface area contributed by atoms with Gasteiger partial charge in [0.05, 0.1) is 36.3 Å². The molecule has 1 aliphatic heterocycles. The van der Waals surface area contributed by atoms with E-state index in [0.29, 0.717) is 24.9 Å². The summed E-state index contributed by atoms with van der Waals surface area (Å²) < 4.78 is 43.8. The van der Waals surface area contributed by atoms with Gasteiger partial charge in [-0.25, -0.2) is 4.79 Å². The molecule has 0 aromatic heterocycles. The number of aromatic carboxylic acids is 1. The minimum absolute atomic E-state index is 0.00478. The number of carbonyl (C=O) groups is 1. The van der Waals surface area contributed by atoms with E-state index < -0.39 is 24.4 Å². The highest BCUT2D eigenvalue weighted by Gasteiger charge is 2.49. The van der Waals surface area contributed by atoms with E-state index in [1.165, 1.54) is 11.1 Å². The molecule has 0 amide bonds. The van der Waals surface area contributed by atoms with Gasteiger partial charge in [-0.05, 0) is 129 Å². The van der Waals surface area contributed by atoms with Crippen molar-refractivity contribution >= 4 is 41.7 Å². The van der Waals surface area contributed by atoms with Crippen molar-refractivity contribution in [1.29, 1.82) is 0 Å². The summed E-state index contributed by atoms with van der Waals surface area (Å²) in [6.45, 7) is 13.5. The Labute approximate surface area is 299 Å². The zero-order valence-corrected chi connectivity index (χ0v) is 32.5. The Morgan fingerprint density at radius 2 is 1.90 bits per heavy atom. The van der Waals surface area contributed by atoms with Crippen LogP contribution in [0.3, 0.4) is 0 Å². The molecule has 11 heteroatoms. The smallest absolute Gasteiger partial charge is 0.335 e. The molecule has 1 unspecified atom stereocenters. The van der Waals surface area contributed by atoms with Crippen molar-refractivity contribution in [3.8, 4) is 5.75 Å². The lowest BCUT2D eigenvalue weighted by Gasteiger charge is -2.52. The Hall–Kier alpha value is -2.11. The van der Waals surface area contributed by atoms with Crippen molar-refractivity contribution in [2.24, 2.45) is 17.8 Å². The number of benzene rings is 2. The molecule has 0 radical (unpaired) electrons. The first-order valence-electron chi connectivity index (χ1n) is 18.0. The van der Waals surface area contributed by atoms with Gasteiger partial charge in [0.25, 0.3) is 10.1 Å². The van der Waals surface area contributed by atoms with Crippen molar-refractivity contribution < 1.29 is 31.7 Å². The predicted octanol–water partition coefficient (Wildman–Crippen LogP) is 8.46. The second-order valence-corrected chi connectivity index (χ2v) is 23.6. The zero-order chi connectivity index (χ0) is 35.4. The quantitative estimate of drug-likeness (QED) is 0.203. The monoisotopic (exact) mass is 731 g/mol. The fourth-order valence-electron chi connectivity index (χ4n) is 8.65. The third kappa shape index (κ3) is 7.88. The van der Waals surface area contributed by atoms with Gasteiger partial charge >= 0.3 is 5.97 Å². The van der Waals surface area contributed by atoms with E-state index in [1.54, 1.807) is 12.1 Å². The van der Waals surface area contributed by atoms with E-state index in [2.05, 4.69) is 50.9 Å². The number of fused-ring (bicyclic) bond motifs is 3. The number of ether oxygens (including phenoxy) is 1. The van der Waals surface area contributed by atoms with Gasteiger partial charge in [0.15, 0.2) is 8.32 Å². The second kappa shape index (κ2) is 13.8. The minimum atomic E-state index is -3.55. The molecule has 6 rings (SSSR count). The molecule has 4 aliphatic rings. The Bertz CT molecular complexity index is 1660. The molecule has 1 heterocycles. The minimum Gasteiger partial charge on any atom is -0.490 e. The van der Waals surface area contributed by atoms with E-state index in [-0.39, 0.29) is 34.1 Å². The topological polar surface area (TPSA) is 102 Å². The molecule has 2 saturated carbocycles. The molecule has 270 valence electrons. The van der Waals surface area contributed by atoms with E-state index in [4.69, 9.17) is 24.9 Å². The zero-order valence-electron chi connectivity index (χ0n) is 30.0. The predicted molar refractivity (Wildman–Crippen MR) is 197 cm³/mol. The summed E-state index contributed by atoms with van der Waals surface area (Å²) in [6, 6.07) is 11.5. The van der Waals surface area contributed by atoms with Gasteiger partial charge in [0.1, 0.15) is 5.75 Å². The number of carboxylic acid groups (broad SMARTS) is 1. The molecule has 6 atom stereocenters. The molecule has 3 aliphatic carbocycles. The first-order chi connectivity index (χ1) is 22.9. The number of anilines is 1. The summed E-state index contributed by atoms with van der Waals surface area (Å²) in [6.07, 6.45) is 9.28. The lowest BCUT2D eigenvalue weighted by Crippen LogP contribution is -2.54. The van der Waals surface area contributed by atoms with Gasteiger partial charge in [-0.1, -0.05) is 44.9 Å². The van der Waals surface area contributed by atoms with Crippen LogP contribution in [-0.4, -0.2) is 66.0 Å². The normalized spacial score (nSPS) is 28.1. The van der Waals surface area contributed by atoms with Gasteiger partial charge in [-0.15, -0.1) is 0 Å². The maximum absolute atomic E-state index is 12.2. The van der Waals surface area contributed by atoms with Crippen LogP contribution in [0.2, 0.25) is 23.2 Å². The van der Waals surface area contributed by atoms with Gasteiger partial charge in [0, 0.05) is 23.5 Å². The van der Waals surface area contributed by atoms with Crippen molar-refractivity contribution in [2.45, 2.75) is 114 Å². The summed E-state index contributed by atoms with van der Waals surface area (Å²) in [5, 5.41) is 10.7. The highest BCUT2D eigenvalue weighted by Crippen LogP contribution is 2.50. The van der Waals surface area contributed by atoms with Crippen LogP contribution >= 0.6 is 11.6 Å². The Morgan fingerprint density at radius 3 is 2.57 bits per heavy atom. The number of hydrogen-bond donors (Lipinski definition) is 1. The van der Waals surface area contributed by atoms with Crippen LogP contribution in [0.15, 0.2) is 36.4 Å². The fourth-order valence-corrected chi connectivity index (χ4v) is 10.9. The molecular formula is C38H54ClNO7SSi. The Kier molecular flexibility index (Phi) is 10.3. The lowest BCUT2D eigenvalue weighted by molar-refractivity contribution is -0.0368. The molecule has 2 aromatic rings. The molecule has 1 spiro atoms. The number of rotatable bonds is 9. The van der Waals surface area contributed by atoms with E-state index in [9.17, 15) is 18.3 Å². The van der Waals surface area contributed by atoms with Crippen molar-refractivity contribution in [3.63, 3.8) is 0 Å². The second-order valence-electron chi connectivity index (χ2n) is 16.8. The summed E-state index contributed by atoms with van der Waals surface area (Å²) in [7, 11) is -5.73. The average Bonchev–Trinajstić information content (AvgIpc) is 3.14. The van der Waals surface area contributed by atoms with E-state index in [1.807, 2.05) is 12.1 Å². The van der Waals surface area contributed by atoms with Crippen LogP contribution in [0.5, 0.6) is 5.75 Å². The van der Waals surface area contributed by atoms with Crippen LogP contribution in [0.4, 0.5) is 5.69 Å². The summed E-state index contributed by atoms with van der Waals surface area (Å²) in [5.41, 5.74) is 3.39. The molecule has 2 aromatic carbocycles. The summed E-state index contributed by atoms with van der Waals surface area (Å²) >= 11 is 6.46. The van der Waals surface area contributed by atoms with Crippen molar-refractivity contribution in [2.75, 3.05) is 30.9 Å². The summed E-state index contributed by atoms with van der Waals surface area (Å²) in [4.78, 5) is 14.6. The van der Waals surface area contributed by atoms with Gasteiger partial charge in [-0.2, -0.15) is 8.42 Å². The highest BCUT2D eigenvalue weighted by molar-refractivity contribution is 7.86. The molecule has 0 saturated heterocycles. The number of nitrogens with zero attached hydrogens (tertiary/aromatic N) is 1. The van der Waals surface area contributed by atoms with Crippen molar-refractivity contribution in [3.05, 3.63) is 58.1 Å². The average molecular weight is 732 g/mol.